The first-order chi connectivity index (χ1) is 11.7. The molecule has 0 saturated heterocycles. The number of allylic oxidation sites excluding steroid dienone is 2. The van der Waals surface area contributed by atoms with Crippen LogP contribution in [0, 0.1) is 16.2 Å². The van der Waals surface area contributed by atoms with Crippen molar-refractivity contribution in [2.45, 2.75) is 40.4 Å². The number of benzene rings is 2. The summed E-state index contributed by atoms with van der Waals surface area (Å²) in [6.45, 7) is 6.78. The van der Waals surface area contributed by atoms with Crippen LogP contribution in [0.1, 0.15) is 20.8 Å². The highest BCUT2D eigenvalue weighted by Gasteiger charge is 2.39. The van der Waals surface area contributed by atoms with Gasteiger partial charge in [0.05, 0.1) is 20.7 Å². The maximum Gasteiger partial charge on any atom is 0.180 e. The van der Waals surface area contributed by atoms with Gasteiger partial charge in [-0.25, -0.2) is 18.6 Å². The van der Waals surface area contributed by atoms with Gasteiger partial charge in [0.1, 0.15) is 4.91 Å². The number of fused-ring (bicyclic) bond motifs is 2. The SMILES string of the molecule is C/C=C(/C(C)C)[S+]1c2ccccc2Sc2ccccc21.[O-][Cl+3]([O-])([O-])[O-]. The smallest absolute Gasteiger partial charge is 0.180 e. The second kappa shape index (κ2) is 8.60. The predicted molar refractivity (Wildman–Crippen MR) is 89.5 cm³/mol. The third-order valence-electron chi connectivity index (χ3n) is 3.45. The Morgan fingerprint density at radius 1 is 0.920 bits per heavy atom. The summed E-state index contributed by atoms with van der Waals surface area (Å²) in [4.78, 5) is 7.34. The molecule has 0 aromatic heterocycles. The van der Waals surface area contributed by atoms with Gasteiger partial charge in [-0.2, -0.15) is 0 Å². The summed E-state index contributed by atoms with van der Waals surface area (Å²) < 4.78 is 34.0. The third-order valence-corrected chi connectivity index (χ3v) is 7.63. The molecule has 1 heterocycles. The van der Waals surface area contributed by atoms with Crippen molar-refractivity contribution in [2.24, 2.45) is 5.92 Å². The van der Waals surface area contributed by atoms with Crippen LogP contribution in [0.25, 0.3) is 0 Å². The lowest BCUT2D eigenvalue weighted by atomic mass is 10.2. The lowest BCUT2D eigenvalue weighted by Crippen LogP contribution is -2.68. The monoisotopic (exact) mass is 398 g/mol. The van der Waals surface area contributed by atoms with Crippen LogP contribution in [-0.4, -0.2) is 0 Å². The Kier molecular flexibility index (Phi) is 6.99. The van der Waals surface area contributed by atoms with Gasteiger partial charge >= 0.3 is 0 Å². The molecule has 0 saturated carbocycles. The van der Waals surface area contributed by atoms with Crippen molar-refractivity contribution in [2.75, 3.05) is 0 Å². The second-order valence-electron chi connectivity index (χ2n) is 5.53. The minimum Gasteiger partial charge on any atom is -0.222 e. The first-order valence-electron chi connectivity index (χ1n) is 7.60. The largest absolute Gasteiger partial charge is 0.222 e. The van der Waals surface area contributed by atoms with Crippen molar-refractivity contribution in [1.82, 2.24) is 0 Å². The van der Waals surface area contributed by atoms with Crippen LogP contribution in [0.2, 0.25) is 0 Å². The Morgan fingerprint density at radius 2 is 1.32 bits per heavy atom. The molecule has 0 amide bonds. The first kappa shape index (κ1) is 20.3. The quantitative estimate of drug-likeness (QED) is 0.703. The molecule has 0 spiro atoms. The average Bonchev–Trinajstić information content (AvgIpc) is 2.53. The summed E-state index contributed by atoms with van der Waals surface area (Å²) in [6.07, 6.45) is 2.32. The zero-order valence-corrected chi connectivity index (χ0v) is 16.5. The predicted octanol–water partition coefficient (Wildman–Crippen LogP) is 0.991. The minimum atomic E-state index is -4.94. The van der Waals surface area contributed by atoms with Crippen LogP contribution in [0.3, 0.4) is 0 Å². The molecule has 0 atom stereocenters. The molecular weight excluding hydrogens is 380 g/mol. The Balaban J connectivity index is 0.000000399. The van der Waals surface area contributed by atoms with Gasteiger partial charge in [0.2, 0.25) is 0 Å². The van der Waals surface area contributed by atoms with Crippen LogP contribution < -0.4 is 18.6 Å². The topological polar surface area (TPSA) is 92.2 Å². The molecular formula is C18H19ClO4S2. The number of hydrogen-bond donors (Lipinski definition) is 0. The fourth-order valence-corrected chi connectivity index (χ4v) is 6.62. The Labute approximate surface area is 157 Å². The Morgan fingerprint density at radius 3 is 1.68 bits per heavy atom. The maximum absolute atomic E-state index is 8.49. The zero-order chi connectivity index (χ0) is 18.6. The number of hydrogen-bond acceptors (Lipinski definition) is 5. The van der Waals surface area contributed by atoms with Crippen LogP contribution in [-0.2, 0) is 10.9 Å². The van der Waals surface area contributed by atoms with Crippen LogP contribution in [0.4, 0.5) is 0 Å². The van der Waals surface area contributed by atoms with Crippen LogP contribution in [0.15, 0.2) is 79.1 Å². The number of rotatable bonds is 2. The highest BCUT2D eigenvalue weighted by atomic mass is 35.7. The zero-order valence-electron chi connectivity index (χ0n) is 14.1. The van der Waals surface area contributed by atoms with E-state index >= 15 is 0 Å². The van der Waals surface area contributed by atoms with Gasteiger partial charge in [-0.15, -0.1) is 10.2 Å². The van der Waals surface area contributed by atoms with Crippen molar-refractivity contribution in [3.05, 3.63) is 59.5 Å². The molecule has 7 heteroatoms. The van der Waals surface area contributed by atoms with Crippen molar-refractivity contribution in [3.63, 3.8) is 0 Å². The average molecular weight is 399 g/mol. The third kappa shape index (κ3) is 5.49. The van der Waals surface area contributed by atoms with Crippen molar-refractivity contribution < 1.29 is 28.9 Å². The summed E-state index contributed by atoms with van der Waals surface area (Å²) in [5, 5.41) is 0. The molecule has 134 valence electrons. The van der Waals surface area contributed by atoms with E-state index in [0.717, 1.165) is 0 Å². The van der Waals surface area contributed by atoms with Gasteiger partial charge in [0.15, 0.2) is 9.79 Å². The molecule has 0 radical (unpaired) electrons. The highest BCUT2D eigenvalue weighted by molar-refractivity contribution is 8.05. The number of halogens is 1. The molecule has 1 aliphatic heterocycles. The second-order valence-corrected chi connectivity index (χ2v) is 9.33. The fraction of sp³-hybridized carbons (Fsp3) is 0.222. The Bertz CT molecular complexity index is 705. The molecule has 0 fully saturated rings. The highest BCUT2D eigenvalue weighted by Crippen LogP contribution is 2.48. The molecule has 3 rings (SSSR count). The minimum absolute atomic E-state index is 0.0778. The van der Waals surface area contributed by atoms with E-state index in [1.54, 1.807) is 4.91 Å². The molecule has 0 aliphatic carbocycles. The first-order valence-corrected chi connectivity index (χ1v) is 10.9. The van der Waals surface area contributed by atoms with Crippen molar-refractivity contribution in [3.8, 4) is 0 Å². The molecule has 0 bridgehead atoms. The van der Waals surface area contributed by atoms with Gasteiger partial charge in [-0.1, -0.05) is 49.9 Å². The fourth-order valence-electron chi connectivity index (χ4n) is 2.58. The van der Waals surface area contributed by atoms with Gasteiger partial charge < -0.3 is 0 Å². The molecule has 0 unspecified atom stereocenters. The normalized spacial score (nSPS) is 14.5. The molecule has 2 aromatic rings. The molecule has 1 aliphatic rings. The summed E-state index contributed by atoms with van der Waals surface area (Å²) >= 11 is 1.91. The van der Waals surface area contributed by atoms with Gasteiger partial charge in [-0.05, 0) is 37.3 Å². The van der Waals surface area contributed by atoms with Crippen molar-refractivity contribution >= 4 is 22.7 Å². The lowest BCUT2D eigenvalue weighted by molar-refractivity contribution is -2.00. The van der Waals surface area contributed by atoms with E-state index in [9.17, 15) is 0 Å². The van der Waals surface area contributed by atoms with Gasteiger partial charge in [-0.3, -0.25) is 0 Å². The van der Waals surface area contributed by atoms with Gasteiger partial charge in [0.25, 0.3) is 0 Å². The summed E-state index contributed by atoms with van der Waals surface area (Å²) in [5.74, 6) is 0.576. The lowest BCUT2D eigenvalue weighted by Gasteiger charge is -2.21. The van der Waals surface area contributed by atoms with Crippen molar-refractivity contribution in [1.29, 1.82) is 0 Å². The molecule has 25 heavy (non-hydrogen) atoms. The summed E-state index contributed by atoms with van der Waals surface area (Å²) in [7, 11) is -4.87. The van der Waals surface area contributed by atoms with Gasteiger partial charge in [0, 0.05) is 5.92 Å². The van der Waals surface area contributed by atoms with E-state index in [4.69, 9.17) is 18.6 Å². The molecule has 2 aromatic carbocycles. The molecule has 4 nitrogen and oxygen atoms in total. The van der Waals surface area contributed by atoms with Crippen LogP contribution in [0.5, 0.6) is 0 Å². The Hall–Kier alpha value is -0.990. The summed E-state index contributed by atoms with van der Waals surface area (Å²) in [6, 6.07) is 17.7. The van der Waals surface area contributed by atoms with E-state index in [-0.39, 0.29) is 10.9 Å². The van der Waals surface area contributed by atoms with E-state index in [0.29, 0.717) is 5.92 Å². The molecule has 0 N–H and O–H groups in total. The van der Waals surface area contributed by atoms with E-state index in [1.807, 2.05) is 11.8 Å². The summed E-state index contributed by atoms with van der Waals surface area (Å²) in [5.41, 5.74) is 0. The maximum atomic E-state index is 8.49. The van der Waals surface area contributed by atoms with E-state index in [1.165, 1.54) is 19.6 Å². The van der Waals surface area contributed by atoms with E-state index < -0.39 is 10.2 Å². The van der Waals surface area contributed by atoms with Crippen LogP contribution >= 0.6 is 11.8 Å². The standard InChI is InChI=1S/C18H19S2.ClHO4/c1-4-16(13(2)3)20-17-11-7-5-9-14(17)19-15-10-6-8-12-18(15)20;2-1(3,4)5/h4-13H,1-3H3;(H,2,3,4,5)/q+1;/p-1/b16-4-;. The van der Waals surface area contributed by atoms with E-state index in [2.05, 4.69) is 75.4 Å².